The topological polar surface area (TPSA) is 3.24 Å². The van der Waals surface area contributed by atoms with Crippen LogP contribution < -0.4 is 4.90 Å². The van der Waals surface area contributed by atoms with E-state index in [1.165, 1.54) is 75.1 Å². The van der Waals surface area contributed by atoms with Crippen molar-refractivity contribution in [2.75, 3.05) is 4.90 Å². The van der Waals surface area contributed by atoms with Crippen LogP contribution in [0, 0.1) is 0 Å². The van der Waals surface area contributed by atoms with Crippen LogP contribution in [0.1, 0.15) is 0 Å². The van der Waals surface area contributed by atoms with Gasteiger partial charge in [0.05, 0.1) is 0 Å². The number of benzene rings is 9. The first-order valence-corrected chi connectivity index (χ1v) is 18.6. The molecule has 0 amide bonds. The molecule has 0 fully saturated rings. The highest BCUT2D eigenvalue weighted by Gasteiger charge is 2.18. The molecule has 0 saturated heterocycles. The summed E-state index contributed by atoms with van der Waals surface area (Å²) in [5, 5.41) is 7.83. The second-order valence-electron chi connectivity index (χ2n) is 13.3. The number of para-hydroxylation sites is 1. The SMILES string of the molecule is c1ccc(-c2ccc(N(c3ccccc3)c3ccc(-c4cccc5c4sc4c5cc(-c5ccccc5)c5ccc6ccccc6c54)cc3)cc2)cc1. The van der Waals surface area contributed by atoms with E-state index >= 15 is 0 Å². The van der Waals surface area contributed by atoms with Gasteiger partial charge in [-0.05, 0) is 92.0 Å². The Morgan fingerprint density at radius 1 is 0.308 bits per heavy atom. The van der Waals surface area contributed by atoms with E-state index in [4.69, 9.17) is 0 Å². The van der Waals surface area contributed by atoms with Crippen LogP contribution in [0.3, 0.4) is 0 Å². The minimum absolute atomic E-state index is 1.12. The normalized spacial score (nSPS) is 11.5. The summed E-state index contributed by atoms with van der Waals surface area (Å²) in [4.78, 5) is 2.33. The van der Waals surface area contributed by atoms with E-state index < -0.39 is 0 Å². The van der Waals surface area contributed by atoms with E-state index in [0.29, 0.717) is 0 Å². The molecular formula is C50H33NS. The molecule has 52 heavy (non-hydrogen) atoms. The largest absolute Gasteiger partial charge is 0.311 e. The second-order valence-corrected chi connectivity index (χ2v) is 14.3. The highest BCUT2D eigenvalue weighted by atomic mass is 32.1. The quantitative estimate of drug-likeness (QED) is 0.158. The number of hydrogen-bond donors (Lipinski definition) is 0. The van der Waals surface area contributed by atoms with Crippen molar-refractivity contribution < 1.29 is 0 Å². The Morgan fingerprint density at radius 3 is 1.56 bits per heavy atom. The molecule has 10 rings (SSSR count). The summed E-state index contributed by atoms with van der Waals surface area (Å²) in [5.41, 5.74) is 10.8. The maximum absolute atomic E-state index is 2.42. The van der Waals surface area contributed by atoms with Crippen molar-refractivity contribution in [2.45, 2.75) is 0 Å². The van der Waals surface area contributed by atoms with Gasteiger partial charge in [0.15, 0.2) is 0 Å². The maximum atomic E-state index is 2.42. The zero-order chi connectivity index (χ0) is 34.4. The fourth-order valence-corrected chi connectivity index (χ4v) is 9.15. The number of fused-ring (bicyclic) bond motifs is 7. The minimum Gasteiger partial charge on any atom is -0.311 e. The number of nitrogens with zero attached hydrogens (tertiary/aromatic N) is 1. The average molecular weight is 680 g/mol. The molecule has 1 nitrogen and oxygen atoms in total. The van der Waals surface area contributed by atoms with Gasteiger partial charge in [0.2, 0.25) is 0 Å². The van der Waals surface area contributed by atoms with Crippen molar-refractivity contribution in [1.29, 1.82) is 0 Å². The van der Waals surface area contributed by atoms with Crippen LogP contribution in [0.2, 0.25) is 0 Å². The molecular weight excluding hydrogens is 647 g/mol. The van der Waals surface area contributed by atoms with E-state index in [1.54, 1.807) is 0 Å². The van der Waals surface area contributed by atoms with E-state index in [-0.39, 0.29) is 0 Å². The number of thiophene rings is 1. The van der Waals surface area contributed by atoms with E-state index in [0.717, 1.165) is 17.1 Å². The van der Waals surface area contributed by atoms with Gasteiger partial charge in [-0.1, -0.05) is 158 Å². The smallest absolute Gasteiger partial charge is 0.0462 e. The molecule has 0 aliphatic rings. The molecule has 1 aromatic heterocycles. The van der Waals surface area contributed by atoms with Crippen LogP contribution in [-0.4, -0.2) is 0 Å². The average Bonchev–Trinajstić information content (AvgIpc) is 3.61. The predicted molar refractivity (Wildman–Crippen MR) is 225 cm³/mol. The lowest BCUT2D eigenvalue weighted by Crippen LogP contribution is -2.09. The maximum Gasteiger partial charge on any atom is 0.0462 e. The van der Waals surface area contributed by atoms with Crippen LogP contribution >= 0.6 is 11.3 Å². The lowest BCUT2D eigenvalue weighted by Gasteiger charge is -2.26. The molecule has 0 saturated carbocycles. The summed E-state index contributed by atoms with van der Waals surface area (Å²) in [7, 11) is 0. The monoisotopic (exact) mass is 679 g/mol. The summed E-state index contributed by atoms with van der Waals surface area (Å²) >= 11 is 1.92. The molecule has 0 aliphatic heterocycles. The van der Waals surface area contributed by atoms with Gasteiger partial charge in [-0.3, -0.25) is 0 Å². The fourth-order valence-electron chi connectivity index (χ4n) is 7.76. The van der Waals surface area contributed by atoms with Crippen molar-refractivity contribution in [3.05, 3.63) is 200 Å². The first-order chi connectivity index (χ1) is 25.8. The van der Waals surface area contributed by atoms with Crippen molar-refractivity contribution in [1.82, 2.24) is 0 Å². The van der Waals surface area contributed by atoms with Gasteiger partial charge in [-0.2, -0.15) is 0 Å². The predicted octanol–water partition coefficient (Wildman–Crippen LogP) is 14.8. The van der Waals surface area contributed by atoms with Gasteiger partial charge >= 0.3 is 0 Å². The van der Waals surface area contributed by atoms with Crippen molar-refractivity contribution in [2.24, 2.45) is 0 Å². The molecule has 0 N–H and O–H groups in total. The van der Waals surface area contributed by atoms with Gasteiger partial charge in [0.1, 0.15) is 0 Å². The van der Waals surface area contributed by atoms with Gasteiger partial charge in [-0.15, -0.1) is 11.3 Å². The van der Waals surface area contributed by atoms with Gasteiger partial charge in [0.25, 0.3) is 0 Å². The number of rotatable bonds is 6. The lowest BCUT2D eigenvalue weighted by molar-refractivity contribution is 1.28. The summed E-state index contributed by atoms with van der Waals surface area (Å²) in [6.45, 7) is 0. The van der Waals surface area contributed by atoms with Crippen molar-refractivity contribution in [3.63, 3.8) is 0 Å². The van der Waals surface area contributed by atoms with E-state index in [9.17, 15) is 0 Å². The molecule has 9 aromatic carbocycles. The first-order valence-electron chi connectivity index (χ1n) is 17.8. The zero-order valence-corrected chi connectivity index (χ0v) is 29.2. The van der Waals surface area contributed by atoms with Gasteiger partial charge < -0.3 is 4.90 Å². The number of anilines is 3. The zero-order valence-electron chi connectivity index (χ0n) is 28.4. The Bertz CT molecular complexity index is 2860. The molecule has 0 aliphatic carbocycles. The first kappa shape index (κ1) is 30.4. The Balaban J connectivity index is 1.11. The Labute approximate surface area is 307 Å². The summed E-state index contributed by atoms with van der Waals surface area (Å²) in [5.74, 6) is 0. The van der Waals surface area contributed by atoms with Gasteiger partial charge in [0, 0.05) is 42.6 Å². The summed E-state index contributed by atoms with van der Waals surface area (Å²) in [6.07, 6.45) is 0. The molecule has 0 spiro atoms. The molecule has 0 bridgehead atoms. The molecule has 10 aromatic rings. The van der Waals surface area contributed by atoms with E-state index in [2.05, 4.69) is 205 Å². The Kier molecular flexibility index (Phi) is 7.41. The molecule has 1 heterocycles. The molecule has 0 atom stereocenters. The van der Waals surface area contributed by atoms with Crippen LogP contribution in [-0.2, 0) is 0 Å². The lowest BCUT2D eigenvalue weighted by atomic mass is 9.92. The standard InChI is InChI=1S/C50H33NS/c1-4-13-34(14-5-1)35-23-28-40(29-24-35)51(39-18-8-3-9-19-39)41-30-25-38(26-31-41)43-21-12-22-45-47-33-46(36-15-6-2-7-16-36)44-32-27-37-17-10-11-20-42(37)48(44)50(47)52-49(43)45/h1-33H. The Hall–Kier alpha value is -6.48. The second kappa shape index (κ2) is 12.7. The number of hydrogen-bond acceptors (Lipinski definition) is 2. The molecule has 244 valence electrons. The minimum atomic E-state index is 1.12. The van der Waals surface area contributed by atoms with E-state index in [1.807, 2.05) is 11.3 Å². The third-order valence-electron chi connectivity index (χ3n) is 10.3. The fraction of sp³-hybridized carbons (Fsp3) is 0. The van der Waals surface area contributed by atoms with Crippen LogP contribution in [0.4, 0.5) is 17.1 Å². The highest BCUT2D eigenvalue weighted by Crippen LogP contribution is 2.47. The Morgan fingerprint density at radius 2 is 0.846 bits per heavy atom. The third kappa shape index (κ3) is 5.16. The summed E-state index contributed by atoms with van der Waals surface area (Å²) in [6, 6.07) is 72.6. The molecule has 0 radical (unpaired) electrons. The van der Waals surface area contributed by atoms with Crippen molar-refractivity contribution >= 4 is 70.1 Å². The third-order valence-corrected chi connectivity index (χ3v) is 11.5. The molecule has 2 heteroatoms. The van der Waals surface area contributed by atoms with Crippen LogP contribution in [0.25, 0.3) is 75.1 Å². The van der Waals surface area contributed by atoms with Crippen molar-refractivity contribution in [3.8, 4) is 33.4 Å². The molecule has 0 unspecified atom stereocenters. The van der Waals surface area contributed by atoms with Crippen LogP contribution in [0.15, 0.2) is 200 Å². The summed E-state index contributed by atoms with van der Waals surface area (Å²) < 4.78 is 2.67. The van der Waals surface area contributed by atoms with Crippen LogP contribution in [0.5, 0.6) is 0 Å². The highest BCUT2D eigenvalue weighted by molar-refractivity contribution is 7.27. The van der Waals surface area contributed by atoms with Gasteiger partial charge in [-0.25, -0.2) is 0 Å².